The molecule has 3 aromatic carbocycles. The first-order valence-electron chi connectivity index (χ1n) is 13.9. The smallest absolute Gasteiger partial charge is 0.243 e. The lowest BCUT2D eigenvalue weighted by Gasteiger charge is -2.35. The van der Waals surface area contributed by atoms with E-state index in [0.717, 1.165) is 53.7 Å². The third-order valence-electron chi connectivity index (χ3n) is 7.51. The molecule has 202 valence electrons. The van der Waals surface area contributed by atoms with E-state index in [-0.39, 0.29) is 24.4 Å². The zero-order valence-corrected chi connectivity index (χ0v) is 22.9. The summed E-state index contributed by atoms with van der Waals surface area (Å²) in [5, 5.41) is 3.66. The standard InChI is InChI=1S/C32H35ClN4O2/c33-26-17-15-24(16-18-26)21-31(38)34-20-19-30-35-28-13-7-8-14-29(28)37(30)23-32(39)36(27-11-5-2-6-12-27)22-25-9-3-1-4-10-25/h1,3-4,7-10,13-18,27H,2,5-6,11-12,19-23H2,(H,34,38). The second kappa shape index (κ2) is 12.9. The topological polar surface area (TPSA) is 67.2 Å². The van der Waals surface area contributed by atoms with Crippen LogP contribution in [0, 0.1) is 0 Å². The lowest BCUT2D eigenvalue weighted by Crippen LogP contribution is -2.42. The van der Waals surface area contributed by atoms with E-state index in [2.05, 4.69) is 22.3 Å². The summed E-state index contributed by atoms with van der Waals surface area (Å²) in [6.07, 6.45) is 6.50. The first kappa shape index (κ1) is 26.9. The second-order valence-electron chi connectivity index (χ2n) is 10.3. The van der Waals surface area contributed by atoms with Crippen molar-refractivity contribution in [3.63, 3.8) is 0 Å². The van der Waals surface area contributed by atoms with Gasteiger partial charge in [0, 0.05) is 30.6 Å². The Bertz CT molecular complexity index is 1390. The first-order chi connectivity index (χ1) is 19.1. The van der Waals surface area contributed by atoms with Gasteiger partial charge in [-0.25, -0.2) is 4.98 Å². The van der Waals surface area contributed by atoms with Gasteiger partial charge < -0.3 is 14.8 Å². The van der Waals surface area contributed by atoms with Crippen LogP contribution in [0.2, 0.25) is 5.02 Å². The van der Waals surface area contributed by atoms with Crippen molar-refractivity contribution in [1.82, 2.24) is 19.8 Å². The van der Waals surface area contributed by atoms with Crippen molar-refractivity contribution in [2.24, 2.45) is 0 Å². The Morgan fingerprint density at radius 1 is 0.897 bits per heavy atom. The highest BCUT2D eigenvalue weighted by Crippen LogP contribution is 2.25. The quantitative estimate of drug-likeness (QED) is 0.269. The number of hydrogen-bond acceptors (Lipinski definition) is 3. The molecule has 1 saturated carbocycles. The zero-order chi connectivity index (χ0) is 27.0. The molecule has 0 aliphatic heterocycles. The van der Waals surface area contributed by atoms with Crippen molar-refractivity contribution in [2.45, 2.75) is 64.1 Å². The van der Waals surface area contributed by atoms with E-state index >= 15 is 0 Å². The number of para-hydroxylation sites is 2. The van der Waals surface area contributed by atoms with E-state index in [1.807, 2.05) is 59.2 Å². The Morgan fingerprint density at radius 3 is 2.38 bits per heavy atom. The number of aromatic nitrogens is 2. The third kappa shape index (κ3) is 7.07. The molecule has 0 saturated heterocycles. The summed E-state index contributed by atoms with van der Waals surface area (Å²) in [6, 6.07) is 25.7. The van der Waals surface area contributed by atoms with Crippen LogP contribution in [0.5, 0.6) is 0 Å². The maximum Gasteiger partial charge on any atom is 0.243 e. The van der Waals surface area contributed by atoms with Crippen molar-refractivity contribution in [1.29, 1.82) is 0 Å². The van der Waals surface area contributed by atoms with Gasteiger partial charge in [0.15, 0.2) is 0 Å². The van der Waals surface area contributed by atoms with E-state index in [1.54, 1.807) is 12.1 Å². The van der Waals surface area contributed by atoms with Gasteiger partial charge in [-0.1, -0.05) is 85.5 Å². The Labute approximate surface area is 235 Å². The van der Waals surface area contributed by atoms with Crippen LogP contribution in [0.3, 0.4) is 0 Å². The largest absolute Gasteiger partial charge is 0.355 e. The number of fused-ring (bicyclic) bond motifs is 1. The van der Waals surface area contributed by atoms with E-state index < -0.39 is 0 Å². The zero-order valence-electron chi connectivity index (χ0n) is 22.2. The maximum atomic E-state index is 13.9. The second-order valence-corrected chi connectivity index (χ2v) is 10.7. The molecule has 0 radical (unpaired) electrons. The molecule has 4 aromatic rings. The van der Waals surface area contributed by atoms with Crippen LogP contribution in [0.4, 0.5) is 0 Å². The maximum absolute atomic E-state index is 13.9. The molecular weight excluding hydrogens is 508 g/mol. The van der Waals surface area contributed by atoms with Gasteiger partial charge >= 0.3 is 0 Å². The Kier molecular flexibility index (Phi) is 8.94. The number of nitrogens with one attached hydrogen (secondary N) is 1. The molecule has 1 N–H and O–H groups in total. The van der Waals surface area contributed by atoms with Crippen molar-refractivity contribution in [3.8, 4) is 0 Å². The molecule has 6 nitrogen and oxygen atoms in total. The molecule has 1 heterocycles. The SMILES string of the molecule is O=C(Cc1ccc(Cl)cc1)NCCc1nc2ccccc2n1CC(=O)N(Cc1ccccc1)C1CCCCC1. The fourth-order valence-electron chi connectivity index (χ4n) is 5.48. The highest BCUT2D eigenvalue weighted by Gasteiger charge is 2.27. The van der Waals surface area contributed by atoms with Crippen LogP contribution in [0.15, 0.2) is 78.9 Å². The summed E-state index contributed by atoms with van der Waals surface area (Å²) in [7, 11) is 0. The van der Waals surface area contributed by atoms with Crippen molar-refractivity contribution >= 4 is 34.4 Å². The first-order valence-corrected chi connectivity index (χ1v) is 14.2. The average molecular weight is 543 g/mol. The van der Waals surface area contributed by atoms with Crippen LogP contribution in [-0.4, -0.2) is 38.9 Å². The van der Waals surface area contributed by atoms with Gasteiger partial charge in [-0.3, -0.25) is 9.59 Å². The van der Waals surface area contributed by atoms with Gasteiger partial charge in [0.05, 0.1) is 17.5 Å². The van der Waals surface area contributed by atoms with E-state index in [0.29, 0.717) is 31.0 Å². The number of carbonyl (C=O) groups excluding carboxylic acids is 2. The minimum absolute atomic E-state index is 0.0533. The fourth-order valence-corrected chi connectivity index (χ4v) is 5.60. The third-order valence-corrected chi connectivity index (χ3v) is 7.76. The molecular formula is C32H35ClN4O2. The molecule has 1 fully saturated rings. The van der Waals surface area contributed by atoms with Gasteiger partial charge in [-0.15, -0.1) is 0 Å². The van der Waals surface area contributed by atoms with E-state index in [1.165, 1.54) is 6.42 Å². The van der Waals surface area contributed by atoms with Crippen molar-refractivity contribution < 1.29 is 9.59 Å². The van der Waals surface area contributed by atoms with Crippen molar-refractivity contribution in [3.05, 3.63) is 101 Å². The predicted octanol–water partition coefficient (Wildman–Crippen LogP) is 5.95. The fraction of sp³-hybridized carbons (Fsp3) is 0.344. The Morgan fingerprint density at radius 2 is 1.62 bits per heavy atom. The van der Waals surface area contributed by atoms with Crippen LogP contribution in [0.1, 0.15) is 49.1 Å². The normalized spacial score (nSPS) is 13.9. The molecule has 1 aliphatic rings. The van der Waals surface area contributed by atoms with Crippen LogP contribution in [0.25, 0.3) is 11.0 Å². The lowest BCUT2D eigenvalue weighted by atomic mass is 9.93. The highest BCUT2D eigenvalue weighted by molar-refractivity contribution is 6.30. The van der Waals surface area contributed by atoms with Crippen LogP contribution >= 0.6 is 11.6 Å². The molecule has 2 amide bonds. The van der Waals surface area contributed by atoms with E-state index in [4.69, 9.17) is 16.6 Å². The summed E-state index contributed by atoms with van der Waals surface area (Å²) in [5.74, 6) is 0.865. The molecule has 0 bridgehead atoms. The average Bonchev–Trinajstić information content (AvgIpc) is 3.31. The van der Waals surface area contributed by atoms with Gasteiger partial charge in [-0.2, -0.15) is 0 Å². The monoisotopic (exact) mass is 542 g/mol. The predicted molar refractivity (Wildman–Crippen MR) is 155 cm³/mol. The minimum Gasteiger partial charge on any atom is -0.355 e. The number of halogens is 1. The molecule has 0 atom stereocenters. The van der Waals surface area contributed by atoms with Gasteiger partial charge in [-0.05, 0) is 48.2 Å². The molecule has 1 aromatic heterocycles. The molecule has 39 heavy (non-hydrogen) atoms. The summed E-state index contributed by atoms with van der Waals surface area (Å²) < 4.78 is 2.03. The van der Waals surface area contributed by atoms with Gasteiger partial charge in [0.1, 0.15) is 12.4 Å². The minimum atomic E-state index is -0.0533. The summed E-state index contributed by atoms with van der Waals surface area (Å²) >= 11 is 5.95. The summed E-state index contributed by atoms with van der Waals surface area (Å²) in [5.41, 5.74) is 3.86. The number of benzene rings is 3. The number of carbonyl (C=O) groups is 2. The van der Waals surface area contributed by atoms with Crippen molar-refractivity contribution in [2.75, 3.05) is 6.54 Å². The lowest BCUT2D eigenvalue weighted by molar-refractivity contribution is -0.135. The van der Waals surface area contributed by atoms with Gasteiger partial charge in [0.25, 0.3) is 0 Å². The number of imidazole rings is 1. The number of hydrogen-bond donors (Lipinski definition) is 1. The number of amides is 2. The molecule has 0 unspecified atom stereocenters. The molecule has 7 heteroatoms. The Hall–Kier alpha value is -3.64. The van der Waals surface area contributed by atoms with Crippen LogP contribution < -0.4 is 5.32 Å². The summed E-state index contributed by atoms with van der Waals surface area (Å²) in [4.78, 5) is 33.4. The molecule has 5 rings (SSSR count). The highest BCUT2D eigenvalue weighted by atomic mass is 35.5. The van der Waals surface area contributed by atoms with Crippen LogP contribution in [-0.2, 0) is 35.5 Å². The number of rotatable bonds is 10. The van der Waals surface area contributed by atoms with Gasteiger partial charge in [0.2, 0.25) is 11.8 Å². The Balaban J connectivity index is 1.30. The van der Waals surface area contributed by atoms with E-state index in [9.17, 15) is 9.59 Å². The number of nitrogens with zero attached hydrogens (tertiary/aromatic N) is 3. The molecule has 1 aliphatic carbocycles. The summed E-state index contributed by atoms with van der Waals surface area (Å²) in [6.45, 7) is 1.30. The molecule has 0 spiro atoms.